The van der Waals surface area contributed by atoms with Crippen molar-refractivity contribution in [3.05, 3.63) is 229 Å². The lowest BCUT2D eigenvalue weighted by Gasteiger charge is -2.34. The van der Waals surface area contributed by atoms with Crippen LogP contribution in [0.5, 0.6) is 0 Å². The van der Waals surface area contributed by atoms with Crippen molar-refractivity contribution >= 4 is 75.1 Å². The van der Waals surface area contributed by atoms with Crippen LogP contribution in [-0.4, -0.2) is 9.13 Å². The van der Waals surface area contributed by atoms with Crippen molar-refractivity contribution in [1.29, 1.82) is 0 Å². The maximum atomic E-state index is 2.54. The molecule has 0 amide bonds. The Balaban J connectivity index is 1.15. The molecule has 0 saturated heterocycles. The number of nitrogens with zero attached hydrogens (tertiary/aromatic N) is 2. The van der Waals surface area contributed by atoms with Gasteiger partial charge in [-0.25, -0.2) is 0 Å². The first kappa shape index (κ1) is 31.9. The Kier molecular flexibility index (Phi) is 6.56. The maximum Gasteiger partial charge on any atom is 0.0715 e. The summed E-state index contributed by atoms with van der Waals surface area (Å²) in [6, 6.07) is 76.9. The molecule has 13 rings (SSSR count). The third-order valence-electron chi connectivity index (χ3n) is 12.8. The van der Waals surface area contributed by atoms with Gasteiger partial charge < -0.3 is 9.13 Å². The molecule has 0 atom stereocenters. The fourth-order valence-electron chi connectivity index (χ4n) is 10.5. The van der Waals surface area contributed by atoms with E-state index in [2.05, 4.69) is 215 Å². The van der Waals surface area contributed by atoms with Crippen LogP contribution in [0.1, 0.15) is 22.3 Å². The SMILES string of the molecule is c1ccc(C2(c3ccccc3)c3cc(-n4c5ccccc5c5ccccc54)ccc3-c3ccc(-n4c5ccccc5c5ccc6sc7ccccc7c6c54)cc32)cc1. The molecule has 0 bridgehead atoms. The predicted molar refractivity (Wildman–Crippen MR) is 245 cm³/mol. The first-order valence-electron chi connectivity index (χ1n) is 20.0. The number of hydrogen-bond acceptors (Lipinski definition) is 1. The average Bonchev–Trinajstić information content (AvgIpc) is 4.02. The minimum absolute atomic E-state index is 0.582. The Morgan fingerprint density at radius 1 is 0.345 bits per heavy atom. The molecule has 3 aromatic heterocycles. The molecule has 0 saturated carbocycles. The molecule has 0 radical (unpaired) electrons. The Hall–Kier alpha value is -7.20. The molecule has 1 aliphatic carbocycles. The van der Waals surface area contributed by atoms with Crippen molar-refractivity contribution in [1.82, 2.24) is 9.13 Å². The second-order valence-corrected chi connectivity index (χ2v) is 16.7. The summed E-state index contributed by atoms with van der Waals surface area (Å²) in [5.41, 5.74) is 14.3. The van der Waals surface area contributed by atoms with Crippen LogP contribution < -0.4 is 0 Å². The van der Waals surface area contributed by atoms with Crippen molar-refractivity contribution < 1.29 is 0 Å². The van der Waals surface area contributed by atoms with Crippen molar-refractivity contribution in [3.8, 4) is 22.5 Å². The van der Waals surface area contributed by atoms with E-state index in [9.17, 15) is 0 Å². The van der Waals surface area contributed by atoms with Gasteiger partial charge in [0.1, 0.15) is 0 Å². The normalized spacial score (nSPS) is 13.3. The van der Waals surface area contributed by atoms with E-state index in [1.807, 2.05) is 11.3 Å². The molecule has 1 aliphatic rings. The summed E-state index contributed by atoms with van der Waals surface area (Å²) in [6.45, 7) is 0. The largest absolute Gasteiger partial charge is 0.309 e. The smallest absolute Gasteiger partial charge is 0.0715 e. The van der Waals surface area contributed by atoms with Gasteiger partial charge in [0, 0.05) is 53.1 Å². The lowest BCUT2D eigenvalue weighted by atomic mass is 9.67. The van der Waals surface area contributed by atoms with E-state index < -0.39 is 5.41 Å². The molecule has 12 aromatic rings. The van der Waals surface area contributed by atoms with Crippen molar-refractivity contribution in [2.75, 3.05) is 0 Å². The molecule has 58 heavy (non-hydrogen) atoms. The lowest BCUT2D eigenvalue weighted by Crippen LogP contribution is -2.28. The fourth-order valence-corrected chi connectivity index (χ4v) is 11.6. The van der Waals surface area contributed by atoms with E-state index in [-0.39, 0.29) is 0 Å². The quantitative estimate of drug-likeness (QED) is 0.169. The van der Waals surface area contributed by atoms with E-state index >= 15 is 0 Å². The number of aromatic nitrogens is 2. The standard InChI is InChI=1S/C55H34N2S/c1-3-15-35(16-4-1)55(36-17-5-2-6-18-36)46-33-37(56-48-23-11-7-19-41(48)42-20-8-12-24-49(42)56)27-29-39(46)40-30-28-38(34-47(40)55)57-50-25-13-9-21-43(50)44-31-32-52-53(54(44)57)45-22-10-14-26-51(45)58-52/h1-34H. The second-order valence-electron chi connectivity index (χ2n) is 15.6. The maximum absolute atomic E-state index is 2.54. The van der Waals surface area contributed by atoms with Gasteiger partial charge in [-0.1, -0.05) is 152 Å². The van der Waals surface area contributed by atoms with E-state index in [0.717, 1.165) is 5.69 Å². The van der Waals surface area contributed by atoms with Gasteiger partial charge in [0.25, 0.3) is 0 Å². The molecule has 9 aromatic carbocycles. The van der Waals surface area contributed by atoms with Gasteiger partial charge >= 0.3 is 0 Å². The van der Waals surface area contributed by atoms with Gasteiger partial charge in [-0.15, -0.1) is 11.3 Å². The van der Waals surface area contributed by atoms with Crippen LogP contribution in [0, 0.1) is 0 Å². The van der Waals surface area contributed by atoms with Gasteiger partial charge in [-0.3, -0.25) is 0 Å². The molecule has 0 unspecified atom stereocenters. The molecule has 0 spiro atoms. The molecular formula is C55H34N2S. The van der Waals surface area contributed by atoms with Gasteiger partial charge in [0.15, 0.2) is 0 Å². The number of para-hydroxylation sites is 3. The summed E-state index contributed by atoms with van der Waals surface area (Å²) < 4.78 is 7.62. The second kappa shape index (κ2) is 11.9. The summed E-state index contributed by atoms with van der Waals surface area (Å²) >= 11 is 1.88. The van der Waals surface area contributed by atoms with Gasteiger partial charge in [0.2, 0.25) is 0 Å². The van der Waals surface area contributed by atoms with Crippen LogP contribution in [0.3, 0.4) is 0 Å². The molecule has 0 aliphatic heterocycles. The molecular weight excluding hydrogens is 721 g/mol. The highest BCUT2D eigenvalue weighted by Gasteiger charge is 2.46. The first-order chi connectivity index (χ1) is 28.8. The summed E-state index contributed by atoms with van der Waals surface area (Å²) in [4.78, 5) is 0. The van der Waals surface area contributed by atoms with Crippen molar-refractivity contribution in [2.45, 2.75) is 5.41 Å². The zero-order chi connectivity index (χ0) is 38.0. The molecule has 0 N–H and O–H groups in total. The van der Waals surface area contributed by atoms with E-state index in [0.29, 0.717) is 0 Å². The van der Waals surface area contributed by atoms with Gasteiger partial charge in [-0.05, 0) is 88.0 Å². The molecule has 0 fully saturated rings. The number of hydrogen-bond donors (Lipinski definition) is 0. The van der Waals surface area contributed by atoms with E-state index in [4.69, 9.17) is 0 Å². The van der Waals surface area contributed by atoms with Gasteiger partial charge in [0.05, 0.1) is 27.5 Å². The summed E-state index contributed by atoms with van der Waals surface area (Å²) in [6.07, 6.45) is 0. The average molecular weight is 755 g/mol. The zero-order valence-electron chi connectivity index (χ0n) is 31.4. The highest BCUT2D eigenvalue weighted by Crippen LogP contribution is 2.57. The third-order valence-corrected chi connectivity index (χ3v) is 13.9. The first-order valence-corrected chi connectivity index (χ1v) is 20.8. The molecule has 3 heterocycles. The Morgan fingerprint density at radius 3 is 1.40 bits per heavy atom. The predicted octanol–water partition coefficient (Wildman–Crippen LogP) is 14.6. The van der Waals surface area contributed by atoms with Crippen LogP contribution in [0.2, 0.25) is 0 Å². The van der Waals surface area contributed by atoms with Crippen molar-refractivity contribution in [2.24, 2.45) is 0 Å². The highest BCUT2D eigenvalue weighted by molar-refractivity contribution is 7.26. The third kappa shape index (κ3) is 4.16. The number of thiophene rings is 1. The summed E-state index contributed by atoms with van der Waals surface area (Å²) in [7, 11) is 0. The lowest BCUT2D eigenvalue weighted by molar-refractivity contribution is 0.766. The molecule has 3 heteroatoms. The highest BCUT2D eigenvalue weighted by atomic mass is 32.1. The fraction of sp³-hybridized carbons (Fsp3) is 0.0182. The van der Waals surface area contributed by atoms with Crippen molar-refractivity contribution in [3.63, 3.8) is 0 Å². The van der Waals surface area contributed by atoms with Crippen LogP contribution in [0.4, 0.5) is 0 Å². The Labute approximate surface area is 339 Å². The minimum atomic E-state index is -0.582. The van der Waals surface area contributed by atoms with Crippen LogP contribution in [0.25, 0.3) is 86.3 Å². The van der Waals surface area contributed by atoms with Gasteiger partial charge in [-0.2, -0.15) is 0 Å². The van der Waals surface area contributed by atoms with Crippen LogP contribution in [-0.2, 0) is 5.41 Å². The Morgan fingerprint density at radius 2 is 0.810 bits per heavy atom. The Bertz CT molecular complexity index is 3530. The van der Waals surface area contributed by atoms with E-state index in [1.165, 1.54) is 103 Å². The summed E-state index contributed by atoms with van der Waals surface area (Å²) in [5.74, 6) is 0. The number of rotatable bonds is 4. The molecule has 270 valence electrons. The monoisotopic (exact) mass is 754 g/mol. The number of fused-ring (bicyclic) bond motifs is 13. The van der Waals surface area contributed by atoms with Crippen LogP contribution >= 0.6 is 11.3 Å². The van der Waals surface area contributed by atoms with Crippen LogP contribution in [0.15, 0.2) is 206 Å². The summed E-state index contributed by atoms with van der Waals surface area (Å²) in [5, 5.41) is 7.72. The molecule has 2 nitrogen and oxygen atoms in total. The topological polar surface area (TPSA) is 9.86 Å². The zero-order valence-corrected chi connectivity index (χ0v) is 32.2. The number of benzene rings is 9. The van der Waals surface area contributed by atoms with E-state index in [1.54, 1.807) is 0 Å². The minimum Gasteiger partial charge on any atom is -0.309 e.